The van der Waals surface area contributed by atoms with Gasteiger partial charge in [0, 0.05) is 26.1 Å². The zero-order valence-corrected chi connectivity index (χ0v) is 13.9. The van der Waals surface area contributed by atoms with Gasteiger partial charge in [-0.2, -0.15) is 0 Å². The third kappa shape index (κ3) is 17.8. The van der Waals surface area contributed by atoms with Gasteiger partial charge in [-0.1, -0.05) is 0 Å². The summed E-state index contributed by atoms with van der Waals surface area (Å²) in [7, 11) is 11.4. The van der Waals surface area contributed by atoms with Crippen LogP contribution >= 0.6 is 0 Å². The molecule has 0 saturated carbocycles. The topological polar surface area (TPSA) is 43.4 Å². The Kier molecular flexibility index (Phi) is 16.1. The highest BCUT2D eigenvalue weighted by Gasteiger charge is 1.99. The van der Waals surface area contributed by atoms with Crippen LogP contribution < -0.4 is 0 Å². The van der Waals surface area contributed by atoms with Crippen molar-refractivity contribution < 1.29 is 18.9 Å². The third-order valence-electron chi connectivity index (χ3n) is 2.78. The standard InChI is InChI=1S/C14H31BN2O4/c1-16(2)4-5-17(3)6-7-18-8-9-19-10-11-20-12-13-21-14-15/h4-14H2,1-3H3. The highest BCUT2D eigenvalue weighted by atomic mass is 16.6. The van der Waals surface area contributed by atoms with Gasteiger partial charge in [-0.25, -0.2) is 0 Å². The first kappa shape index (κ1) is 20.8. The van der Waals surface area contributed by atoms with Gasteiger partial charge in [0.05, 0.1) is 46.2 Å². The van der Waals surface area contributed by atoms with E-state index >= 15 is 0 Å². The summed E-state index contributed by atoms with van der Waals surface area (Å²) < 4.78 is 21.1. The molecule has 0 aromatic rings. The average Bonchev–Trinajstić information content (AvgIpc) is 2.46. The summed E-state index contributed by atoms with van der Waals surface area (Å²) in [5.41, 5.74) is 0. The first-order valence-electron chi connectivity index (χ1n) is 7.51. The van der Waals surface area contributed by atoms with Crippen LogP contribution in [-0.2, 0) is 18.9 Å². The van der Waals surface area contributed by atoms with Crippen molar-refractivity contribution in [2.24, 2.45) is 0 Å². The lowest BCUT2D eigenvalue weighted by atomic mass is 10.2. The molecule has 6 nitrogen and oxygen atoms in total. The summed E-state index contributed by atoms with van der Waals surface area (Å²) in [6.45, 7) is 7.49. The van der Waals surface area contributed by atoms with Gasteiger partial charge in [0.15, 0.2) is 0 Å². The highest BCUT2D eigenvalue weighted by Crippen LogP contribution is 1.86. The van der Waals surface area contributed by atoms with Crippen molar-refractivity contribution in [3.8, 4) is 0 Å². The maximum absolute atomic E-state index is 5.52. The molecule has 0 spiro atoms. The van der Waals surface area contributed by atoms with E-state index in [1.807, 2.05) is 0 Å². The van der Waals surface area contributed by atoms with Crippen LogP contribution in [0.2, 0.25) is 0 Å². The van der Waals surface area contributed by atoms with Crippen molar-refractivity contribution in [1.82, 2.24) is 9.80 Å². The molecule has 21 heavy (non-hydrogen) atoms. The van der Waals surface area contributed by atoms with Crippen molar-refractivity contribution in [2.45, 2.75) is 0 Å². The highest BCUT2D eigenvalue weighted by molar-refractivity contribution is 6.08. The van der Waals surface area contributed by atoms with E-state index in [9.17, 15) is 0 Å². The van der Waals surface area contributed by atoms with Gasteiger partial charge in [-0.05, 0) is 21.1 Å². The predicted octanol–water partition coefficient (Wildman–Crippen LogP) is -0.328. The van der Waals surface area contributed by atoms with Crippen LogP contribution in [0.1, 0.15) is 0 Å². The Balaban J connectivity index is 3.08. The van der Waals surface area contributed by atoms with Gasteiger partial charge >= 0.3 is 0 Å². The van der Waals surface area contributed by atoms with Crippen LogP contribution in [0.5, 0.6) is 0 Å². The van der Waals surface area contributed by atoms with Crippen molar-refractivity contribution in [1.29, 1.82) is 0 Å². The molecule has 124 valence electrons. The molecule has 0 aromatic heterocycles. The predicted molar refractivity (Wildman–Crippen MR) is 85.1 cm³/mol. The van der Waals surface area contributed by atoms with Crippen LogP contribution in [0.15, 0.2) is 0 Å². The van der Waals surface area contributed by atoms with Gasteiger partial charge in [-0.3, -0.25) is 0 Å². The number of hydrogen-bond donors (Lipinski definition) is 0. The number of rotatable bonds is 16. The fraction of sp³-hybridized carbons (Fsp3) is 1.00. The summed E-state index contributed by atoms with van der Waals surface area (Å²) in [6.07, 6.45) is 0. The molecule has 0 unspecified atom stereocenters. The van der Waals surface area contributed by atoms with Crippen LogP contribution in [0.4, 0.5) is 0 Å². The maximum Gasteiger partial charge on any atom is 0.104 e. The summed E-state index contributed by atoms with van der Waals surface area (Å²) in [6, 6.07) is 0. The van der Waals surface area contributed by atoms with E-state index in [0.717, 1.165) is 26.2 Å². The molecule has 0 amide bonds. The lowest BCUT2D eigenvalue weighted by molar-refractivity contribution is 0.000309. The minimum Gasteiger partial charge on any atom is -0.389 e. The molecule has 0 fully saturated rings. The molecule has 2 radical (unpaired) electrons. The Labute approximate surface area is 131 Å². The Morgan fingerprint density at radius 1 is 0.619 bits per heavy atom. The first-order chi connectivity index (χ1) is 10.2. The SMILES string of the molecule is [B]COCCOCCOCCOCCN(C)CCN(C)C. The lowest BCUT2D eigenvalue weighted by Gasteiger charge is -2.19. The van der Waals surface area contributed by atoms with Crippen molar-refractivity contribution in [3.05, 3.63) is 0 Å². The van der Waals surface area contributed by atoms with Crippen molar-refractivity contribution in [3.63, 3.8) is 0 Å². The van der Waals surface area contributed by atoms with Crippen molar-refractivity contribution in [2.75, 3.05) is 93.5 Å². The molecule has 0 heterocycles. The zero-order valence-electron chi connectivity index (χ0n) is 13.9. The number of likely N-dealkylation sites (N-methyl/N-ethyl adjacent to an activating group) is 2. The van der Waals surface area contributed by atoms with Crippen molar-refractivity contribution >= 4 is 7.85 Å². The Morgan fingerprint density at radius 2 is 1.10 bits per heavy atom. The van der Waals surface area contributed by atoms with Gasteiger partial charge in [0.1, 0.15) is 7.85 Å². The molecule has 0 aliphatic heterocycles. The third-order valence-corrected chi connectivity index (χ3v) is 2.78. The monoisotopic (exact) mass is 302 g/mol. The Hall–Kier alpha value is -0.175. The minimum atomic E-state index is 0.238. The second-order valence-electron chi connectivity index (χ2n) is 5.02. The quantitative estimate of drug-likeness (QED) is 0.287. The van der Waals surface area contributed by atoms with Gasteiger partial charge in [0.2, 0.25) is 0 Å². The van der Waals surface area contributed by atoms with Crippen LogP contribution in [0.3, 0.4) is 0 Å². The van der Waals surface area contributed by atoms with Gasteiger partial charge in [0.25, 0.3) is 0 Å². The molecule has 0 rings (SSSR count). The van der Waals surface area contributed by atoms with E-state index in [2.05, 4.69) is 30.9 Å². The van der Waals surface area contributed by atoms with E-state index in [0.29, 0.717) is 39.6 Å². The fourth-order valence-corrected chi connectivity index (χ4v) is 1.45. The van der Waals surface area contributed by atoms with E-state index in [1.165, 1.54) is 0 Å². The molecule has 7 heteroatoms. The molecule has 0 bridgehead atoms. The summed E-state index contributed by atoms with van der Waals surface area (Å²) in [5, 5.41) is 0. The second kappa shape index (κ2) is 16.2. The van der Waals surface area contributed by atoms with Crippen LogP contribution in [0.25, 0.3) is 0 Å². The summed E-state index contributed by atoms with van der Waals surface area (Å²) in [4.78, 5) is 4.44. The number of hydrogen-bond acceptors (Lipinski definition) is 6. The maximum atomic E-state index is 5.52. The molecular weight excluding hydrogens is 271 g/mol. The number of nitrogens with zero attached hydrogens (tertiary/aromatic N) is 2. The minimum absolute atomic E-state index is 0.238. The lowest BCUT2D eigenvalue weighted by Crippen LogP contribution is -2.31. The van der Waals surface area contributed by atoms with Crippen LogP contribution in [-0.4, -0.2) is 111 Å². The van der Waals surface area contributed by atoms with E-state index in [1.54, 1.807) is 0 Å². The Morgan fingerprint density at radius 3 is 1.57 bits per heavy atom. The molecule has 0 N–H and O–H groups in total. The molecule has 0 atom stereocenters. The van der Waals surface area contributed by atoms with E-state index < -0.39 is 0 Å². The fourth-order valence-electron chi connectivity index (χ4n) is 1.45. The van der Waals surface area contributed by atoms with Gasteiger partial charge < -0.3 is 28.7 Å². The normalized spacial score (nSPS) is 11.7. The smallest absolute Gasteiger partial charge is 0.104 e. The molecule has 0 aliphatic carbocycles. The molecular formula is C14H31BN2O4. The summed E-state index contributed by atoms with van der Waals surface area (Å²) in [5.74, 6) is 0. The largest absolute Gasteiger partial charge is 0.389 e. The Bertz CT molecular complexity index is 211. The summed E-state index contributed by atoms with van der Waals surface area (Å²) >= 11 is 0. The van der Waals surface area contributed by atoms with Gasteiger partial charge in [-0.15, -0.1) is 0 Å². The van der Waals surface area contributed by atoms with E-state index in [-0.39, 0.29) is 6.51 Å². The first-order valence-corrected chi connectivity index (χ1v) is 7.51. The second-order valence-corrected chi connectivity index (χ2v) is 5.02. The average molecular weight is 302 g/mol. The molecule has 0 aliphatic rings. The molecule has 0 saturated heterocycles. The molecule has 0 aromatic carbocycles. The zero-order chi connectivity index (χ0) is 15.8. The van der Waals surface area contributed by atoms with Crippen LogP contribution in [0, 0.1) is 0 Å². The number of ether oxygens (including phenoxy) is 4. The van der Waals surface area contributed by atoms with E-state index in [4.69, 9.17) is 26.8 Å².